The smallest absolute Gasteiger partial charge is 0.341 e. The highest BCUT2D eigenvalue weighted by atomic mass is 35.5. The molecule has 8 heteroatoms. The minimum absolute atomic E-state index is 0.201. The van der Waals surface area contributed by atoms with Crippen molar-refractivity contribution in [1.82, 2.24) is 0 Å². The van der Waals surface area contributed by atoms with E-state index in [9.17, 15) is 14.4 Å². The number of hydrogen-bond acceptors (Lipinski definition) is 5. The number of carbonyl (C=O) groups is 3. The summed E-state index contributed by atoms with van der Waals surface area (Å²) in [4.78, 5) is 33.5. The molecule has 1 rings (SSSR count). The molecule has 0 saturated carbocycles. The summed E-state index contributed by atoms with van der Waals surface area (Å²) in [5.41, 5.74) is 0.391. The lowest BCUT2D eigenvalue weighted by atomic mass is 10.1. The Morgan fingerprint density at radius 3 is 2.30 bits per heavy atom. The molecule has 0 bridgehead atoms. The molecule has 1 aromatic rings. The molecule has 1 aromatic carbocycles. The molecule has 1 atom stereocenters. The summed E-state index contributed by atoms with van der Waals surface area (Å²) in [6.45, 7) is 4.19. The first-order valence-electron chi connectivity index (χ1n) is 6.41. The highest BCUT2D eigenvalue weighted by Crippen LogP contribution is 2.25. The van der Waals surface area contributed by atoms with Crippen molar-refractivity contribution >= 4 is 41.1 Å². The molecule has 0 saturated heterocycles. The monoisotopic (exact) mass is 360 g/mol. The molecular formula is C15H14Cl2O6. The molecule has 23 heavy (non-hydrogen) atoms. The van der Waals surface area contributed by atoms with Crippen molar-refractivity contribution in [3.8, 4) is 0 Å². The average Bonchev–Trinajstić information content (AvgIpc) is 2.43. The largest absolute Gasteiger partial charge is 0.479 e. The predicted octanol–water partition coefficient (Wildman–Crippen LogP) is 3.17. The zero-order chi connectivity index (χ0) is 17.6. The third-order valence-corrected chi connectivity index (χ3v) is 3.07. The van der Waals surface area contributed by atoms with Crippen LogP contribution in [0.25, 0.3) is 0 Å². The van der Waals surface area contributed by atoms with E-state index in [-0.39, 0.29) is 5.57 Å². The van der Waals surface area contributed by atoms with Gasteiger partial charge < -0.3 is 14.6 Å². The molecule has 0 aromatic heterocycles. The SMILES string of the molecule is C=C(CC(=O)OC(C)c1cc(Cl)cc(Cl)c1)C(=O)OCC(=O)O. The minimum atomic E-state index is -1.31. The highest BCUT2D eigenvalue weighted by molar-refractivity contribution is 6.34. The van der Waals surface area contributed by atoms with Gasteiger partial charge in [-0.05, 0) is 30.7 Å². The maximum atomic E-state index is 11.8. The summed E-state index contributed by atoms with van der Waals surface area (Å²) in [5, 5.41) is 9.20. The second-order valence-electron chi connectivity index (χ2n) is 4.59. The number of hydrogen-bond donors (Lipinski definition) is 1. The Morgan fingerprint density at radius 2 is 1.78 bits per heavy atom. The van der Waals surface area contributed by atoms with Gasteiger partial charge in [0, 0.05) is 15.6 Å². The van der Waals surface area contributed by atoms with Gasteiger partial charge in [0.05, 0.1) is 6.42 Å². The van der Waals surface area contributed by atoms with E-state index in [1.54, 1.807) is 25.1 Å². The van der Waals surface area contributed by atoms with E-state index in [0.29, 0.717) is 15.6 Å². The lowest BCUT2D eigenvalue weighted by Gasteiger charge is -2.14. The fourth-order valence-corrected chi connectivity index (χ4v) is 2.14. The number of halogens is 2. The van der Waals surface area contributed by atoms with Crippen LogP contribution in [0.4, 0.5) is 0 Å². The molecule has 0 amide bonds. The number of benzene rings is 1. The topological polar surface area (TPSA) is 89.9 Å². The van der Waals surface area contributed by atoms with Crippen molar-refractivity contribution in [1.29, 1.82) is 0 Å². The first-order valence-corrected chi connectivity index (χ1v) is 7.16. The van der Waals surface area contributed by atoms with Crippen LogP contribution in [0.5, 0.6) is 0 Å². The van der Waals surface area contributed by atoms with Crippen LogP contribution >= 0.6 is 23.2 Å². The number of rotatable bonds is 7. The van der Waals surface area contributed by atoms with Gasteiger partial charge >= 0.3 is 17.9 Å². The molecule has 0 heterocycles. The number of carboxylic acids is 1. The molecular weight excluding hydrogens is 347 g/mol. The first kappa shape index (κ1) is 19.0. The molecule has 0 aliphatic rings. The highest BCUT2D eigenvalue weighted by Gasteiger charge is 2.18. The van der Waals surface area contributed by atoms with Crippen LogP contribution in [0.1, 0.15) is 25.0 Å². The average molecular weight is 361 g/mol. The summed E-state index contributed by atoms with van der Waals surface area (Å²) in [6, 6.07) is 4.74. The van der Waals surface area contributed by atoms with Crippen LogP contribution in [-0.2, 0) is 23.9 Å². The Balaban J connectivity index is 2.57. The Hall–Kier alpha value is -2.05. The Morgan fingerprint density at radius 1 is 1.22 bits per heavy atom. The summed E-state index contributed by atoms with van der Waals surface area (Å²) >= 11 is 11.7. The third-order valence-electron chi connectivity index (χ3n) is 2.64. The zero-order valence-corrected chi connectivity index (χ0v) is 13.7. The number of carboxylic acid groups (broad SMARTS) is 1. The van der Waals surface area contributed by atoms with Crippen LogP contribution in [0, 0.1) is 0 Å². The van der Waals surface area contributed by atoms with Gasteiger partial charge in [0.1, 0.15) is 6.10 Å². The molecule has 0 radical (unpaired) electrons. The maximum Gasteiger partial charge on any atom is 0.341 e. The van der Waals surface area contributed by atoms with Crippen LogP contribution < -0.4 is 0 Å². The lowest BCUT2D eigenvalue weighted by Crippen LogP contribution is -2.17. The molecule has 0 aliphatic heterocycles. The van der Waals surface area contributed by atoms with Crippen LogP contribution in [0.2, 0.25) is 10.0 Å². The van der Waals surface area contributed by atoms with E-state index in [0.717, 1.165) is 0 Å². The molecule has 0 aliphatic carbocycles. The number of aliphatic carboxylic acids is 1. The standard InChI is InChI=1S/C15H14Cl2O6/c1-8(15(21)22-7-13(18)19)3-14(20)23-9(2)10-4-11(16)6-12(17)5-10/h4-6,9H,1,3,7H2,2H3,(H,18,19). The van der Waals surface area contributed by atoms with Gasteiger partial charge in [0.25, 0.3) is 0 Å². The van der Waals surface area contributed by atoms with Crippen molar-refractivity contribution in [3.63, 3.8) is 0 Å². The number of esters is 2. The van der Waals surface area contributed by atoms with Gasteiger partial charge in [-0.1, -0.05) is 29.8 Å². The zero-order valence-electron chi connectivity index (χ0n) is 12.2. The fraction of sp³-hybridized carbons (Fsp3) is 0.267. The van der Waals surface area contributed by atoms with Crippen molar-refractivity contribution < 1.29 is 29.0 Å². The summed E-state index contributed by atoms with van der Waals surface area (Å²) in [5.74, 6) is -2.99. The second-order valence-corrected chi connectivity index (χ2v) is 5.46. The Kier molecular flexibility index (Phi) is 7.06. The van der Waals surface area contributed by atoms with Crippen LogP contribution in [-0.4, -0.2) is 29.6 Å². The summed E-state index contributed by atoms with van der Waals surface area (Å²) < 4.78 is 9.56. The van der Waals surface area contributed by atoms with Crippen molar-refractivity contribution in [2.45, 2.75) is 19.4 Å². The normalized spacial score (nSPS) is 11.4. The van der Waals surface area contributed by atoms with E-state index in [2.05, 4.69) is 11.3 Å². The van der Waals surface area contributed by atoms with E-state index < -0.39 is 37.0 Å². The van der Waals surface area contributed by atoms with Gasteiger partial charge in [-0.25, -0.2) is 9.59 Å². The number of ether oxygens (including phenoxy) is 2. The van der Waals surface area contributed by atoms with Gasteiger partial charge in [-0.15, -0.1) is 0 Å². The molecule has 1 N–H and O–H groups in total. The second kappa shape index (κ2) is 8.55. The van der Waals surface area contributed by atoms with Crippen molar-refractivity contribution in [2.24, 2.45) is 0 Å². The minimum Gasteiger partial charge on any atom is -0.479 e. The van der Waals surface area contributed by atoms with Gasteiger partial charge in [0.2, 0.25) is 0 Å². The number of carbonyl (C=O) groups excluding carboxylic acids is 2. The van der Waals surface area contributed by atoms with Gasteiger partial charge in [0.15, 0.2) is 6.61 Å². The molecule has 0 spiro atoms. The van der Waals surface area contributed by atoms with Crippen LogP contribution in [0.3, 0.4) is 0 Å². The maximum absolute atomic E-state index is 11.8. The summed E-state index contributed by atoms with van der Waals surface area (Å²) in [7, 11) is 0. The predicted molar refractivity (Wildman–Crippen MR) is 83.3 cm³/mol. The van der Waals surface area contributed by atoms with Crippen molar-refractivity contribution in [3.05, 3.63) is 46.0 Å². The van der Waals surface area contributed by atoms with E-state index >= 15 is 0 Å². The Labute approximate surface area is 142 Å². The van der Waals surface area contributed by atoms with E-state index in [1.807, 2.05) is 0 Å². The van der Waals surface area contributed by atoms with Gasteiger partial charge in [-0.2, -0.15) is 0 Å². The van der Waals surface area contributed by atoms with Crippen LogP contribution in [0.15, 0.2) is 30.4 Å². The molecule has 0 fully saturated rings. The van der Waals surface area contributed by atoms with Gasteiger partial charge in [-0.3, -0.25) is 4.79 Å². The van der Waals surface area contributed by atoms with Crippen molar-refractivity contribution in [2.75, 3.05) is 6.61 Å². The fourth-order valence-electron chi connectivity index (χ4n) is 1.59. The van der Waals surface area contributed by atoms with E-state index in [4.69, 9.17) is 33.0 Å². The molecule has 6 nitrogen and oxygen atoms in total. The quantitative estimate of drug-likeness (QED) is 0.593. The third kappa shape index (κ3) is 6.71. The lowest BCUT2D eigenvalue weighted by molar-refractivity contribution is -0.154. The molecule has 124 valence electrons. The first-order chi connectivity index (χ1) is 10.7. The molecule has 1 unspecified atom stereocenters. The Bertz CT molecular complexity index is 621. The van der Waals surface area contributed by atoms with E-state index in [1.165, 1.54) is 0 Å². The summed E-state index contributed by atoms with van der Waals surface area (Å²) in [6.07, 6.45) is -1.06.